The fraction of sp³-hybridized carbons (Fsp3) is 0.143. The summed E-state index contributed by atoms with van der Waals surface area (Å²) in [6, 6.07) is 13.8. The molecule has 1 N–H and O–H groups in total. The highest BCUT2D eigenvalue weighted by Crippen LogP contribution is 2.23. The first-order valence-corrected chi connectivity index (χ1v) is 8.98. The number of benzene rings is 1. The number of aryl methyl sites for hydroxylation is 2. The van der Waals surface area contributed by atoms with Gasteiger partial charge in [-0.15, -0.1) is 0 Å². The van der Waals surface area contributed by atoms with Crippen LogP contribution in [0.3, 0.4) is 0 Å². The molecule has 0 bridgehead atoms. The fourth-order valence-corrected chi connectivity index (χ4v) is 3.24. The van der Waals surface area contributed by atoms with Crippen molar-refractivity contribution in [2.75, 3.05) is 12.4 Å². The highest BCUT2D eigenvalue weighted by molar-refractivity contribution is 6.05. The van der Waals surface area contributed by atoms with Crippen molar-refractivity contribution < 1.29 is 9.53 Å². The molecule has 1 aromatic carbocycles. The predicted molar refractivity (Wildman–Crippen MR) is 109 cm³/mol. The highest BCUT2D eigenvalue weighted by Gasteiger charge is 2.23. The molecule has 4 rings (SSSR count). The van der Waals surface area contributed by atoms with Crippen LogP contribution in [0.25, 0.3) is 11.3 Å². The molecule has 8 heteroatoms. The molecule has 29 heavy (non-hydrogen) atoms. The van der Waals surface area contributed by atoms with Crippen molar-refractivity contribution in [1.29, 1.82) is 0 Å². The maximum atomic E-state index is 13.2. The Labute approximate surface area is 166 Å². The number of hydrogen-bond donors (Lipinski definition) is 1. The van der Waals surface area contributed by atoms with Gasteiger partial charge in [-0.2, -0.15) is 4.52 Å². The summed E-state index contributed by atoms with van der Waals surface area (Å²) in [5.74, 6) is 0.713. The number of methoxy groups -OCH3 is 1. The minimum absolute atomic E-state index is 0.290. The van der Waals surface area contributed by atoms with Crippen LogP contribution in [0.5, 0.6) is 5.75 Å². The van der Waals surface area contributed by atoms with Crippen molar-refractivity contribution in [2.45, 2.75) is 13.8 Å². The number of pyridine rings is 1. The normalized spacial score (nSPS) is 10.9. The largest absolute Gasteiger partial charge is 0.497 e. The Bertz CT molecular complexity index is 1270. The summed E-state index contributed by atoms with van der Waals surface area (Å²) in [5, 5.41) is 2.81. The van der Waals surface area contributed by atoms with Gasteiger partial charge >= 0.3 is 0 Å². The molecule has 0 aliphatic heterocycles. The van der Waals surface area contributed by atoms with Crippen LogP contribution in [0.4, 0.5) is 5.82 Å². The number of nitrogens with one attached hydrogen (secondary N) is 1. The smallest absolute Gasteiger partial charge is 0.275 e. The lowest BCUT2D eigenvalue weighted by atomic mass is 10.2. The van der Waals surface area contributed by atoms with Gasteiger partial charge in [-0.3, -0.25) is 9.59 Å². The van der Waals surface area contributed by atoms with Crippen LogP contribution in [-0.4, -0.2) is 32.2 Å². The van der Waals surface area contributed by atoms with Gasteiger partial charge in [0, 0.05) is 23.5 Å². The quantitative estimate of drug-likeness (QED) is 0.580. The molecular weight excluding hydrogens is 370 g/mol. The number of nitrogens with zero attached hydrogens (tertiary/aromatic N) is 4. The molecule has 146 valence electrons. The average Bonchev–Trinajstić information content (AvgIpc) is 3.02. The van der Waals surface area contributed by atoms with Gasteiger partial charge < -0.3 is 10.1 Å². The summed E-state index contributed by atoms with van der Waals surface area (Å²) in [7, 11) is 1.58. The second-order valence-corrected chi connectivity index (χ2v) is 6.52. The van der Waals surface area contributed by atoms with Gasteiger partial charge in [-0.05, 0) is 50.2 Å². The Morgan fingerprint density at radius 2 is 1.83 bits per heavy atom. The lowest BCUT2D eigenvalue weighted by Crippen LogP contribution is -2.24. The zero-order valence-electron chi connectivity index (χ0n) is 16.2. The van der Waals surface area contributed by atoms with E-state index in [-0.39, 0.29) is 11.5 Å². The van der Waals surface area contributed by atoms with E-state index >= 15 is 0 Å². The highest BCUT2D eigenvalue weighted by atomic mass is 16.5. The third-order valence-corrected chi connectivity index (χ3v) is 4.59. The van der Waals surface area contributed by atoms with Crippen LogP contribution < -0.4 is 15.6 Å². The summed E-state index contributed by atoms with van der Waals surface area (Å²) in [6.07, 6.45) is 1.44. The molecule has 4 aromatic rings. The molecule has 0 unspecified atom stereocenters. The minimum Gasteiger partial charge on any atom is -0.497 e. The van der Waals surface area contributed by atoms with Crippen LogP contribution in [0, 0.1) is 13.8 Å². The van der Waals surface area contributed by atoms with Gasteiger partial charge in [-0.1, -0.05) is 6.07 Å². The molecule has 0 saturated carbocycles. The fourth-order valence-electron chi connectivity index (χ4n) is 3.24. The SMILES string of the molecule is COc1ccc(-n2c(C(=O)Nc3cccc(C)n3)c(C)c3nccc(=O)n32)cc1. The van der Waals surface area contributed by atoms with Crippen molar-refractivity contribution in [2.24, 2.45) is 0 Å². The second-order valence-electron chi connectivity index (χ2n) is 6.52. The Morgan fingerprint density at radius 1 is 1.07 bits per heavy atom. The van der Waals surface area contributed by atoms with Gasteiger partial charge in [0.25, 0.3) is 11.5 Å². The third-order valence-electron chi connectivity index (χ3n) is 4.59. The summed E-state index contributed by atoms with van der Waals surface area (Å²) >= 11 is 0. The van der Waals surface area contributed by atoms with Crippen molar-refractivity contribution >= 4 is 17.4 Å². The summed E-state index contributed by atoms with van der Waals surface area (Å²) in [5.41, 5.74) is 2.42. The number of fused-ring (bicyclic) bond motifs is 1. The molecule has 3 aromatic heterocycles. The van der Waals surface area contributed by atoms with E-state index in [9.17, 15) is 9.59 Å². The molecule has 0 radical (unpaired) electrons. The number of aromatic nitrogens is 4. The van der Waals surface area contributed by atoms with E-state index < -0.39 is 0 Å². The van der Waals surface area contributed by atoms with E-state index in [1.54, 1.807) is 49.0 Å². The van der Waals surface area contributed by atoms with E-state index in [1.165, 1.54) is 16.8 Å². The number of carbonyl (C=O) groups is 1. The maximum absolute atomic E-state index is 13.2. The molecular formula is C21H19N5O3. The van der Waals surface area contributed by atoms with Crippen molar-refractivity contribution in [3.8, 4) is 11.4 Å². The summed E-state index contributed by atoms with van der Waals surface area (Å²) in [6.45, 7) is 3.61. The van der Waals surface area contributed by atoms with E-state index in [2.05, 4.69) is 15.3 Å². The van der Waals surface area contributed by atoms with Gasteiger partial charge in [-0.25, -0.2) is 14.6 Å². The second kappa shape index (κ2) is 7.23. The molecule has 0 fully saturated rings. The number of anilines is 1. The molecule has 3 heterocycles. The number of ether oxygens (including phenoxy) is 1. The summed E-state index contributed by atoms with van der Waals surface area (Å²) < 4.78 is 8.16. The minimum atomic E-state index is -0.388. The Balaban J connectivity index is 1.92. The van der Waals surface area contributed by atoms with Crippen LogP contribution in [0.2, 0.25) is 0 Å². The molecule has 0 aliphatic carbocycles. The average molecular weight is 389 g/mol. The molecule has 0 spiro atoms. The van der Waals surface area contributed by atoms with Crippen LogP contribution in [-0.2, 0) is 0 Å². The van der Waals surface area contributed by atoms with Gasteiger partial charge in [0.15, 0.2) is 5.65 Å². The lowest BCUT2D eigenvalue weighted by molar-refractivity contribution is 0.101. The predicted octanol–water partition coefficient (Wildman–Crippen LogP) is 2.76. The van der Waals surface area contributed by atoms with Gasteiger partial charge in [0.2, 0.25) is 0 Å². The van der Waals surface area contributed by atoms with Crippen molar-refractivity contribution in [3.05, 3.63) is 82.0 Å². The number of hydrogen-bond acceptors (Lipinski definition) is 5. The molecule has 0 atom stereocenters. The first-order valence-electron chi connectivity index (χ1n) is 8.98. The zero-order chi connectivity index (χ0) is 20.5. The molecule has 1 amide bonds. The zero-order valence-corrected chi connectivity index (χ0v) is 16.2. The van der Waals surface area contributed by atoms with Crippen molar-refractivity contribution in [1.82, 2.24) is 19.2 Å². The van der Waals surface area contributed by atoms with E-state index in [0.29, 0.717) is 34.2 Å². The maximum Gasteiger partial charge on any atom is 0.275 e. The summed E-state index contributed by atoms with van der Waals surface area (Å²) in [4.78, 5) is 34.5. The van der Waals surface area contributed by atoms with Crippen molar-refractivity contribution in [3.63, 3.8) is 0 Å². The third kappa shape index (κ3) is 3.25. The Hall–Kier alpha value is -3.94. The monoisotopic (exact) mass is 389 g/mol. The van der Waals surface area contributed by atoms with Gasteiger partial charge in [0.1, 0.15) is 17.3 Å². The Kier molecular flexibility index (Phi) is 4.59. The van der Waals surface area contributed by atoms with E-state index in [0.717, 1.165) is 5.69 Å². The topological polar surface area (TPSA) is 90.5 Å². The lowest BCUT2D eigenvalue weighted by Gasteiger charge is -2.12. The first-order chi connectivity index (χ1) is 14.0. The standard InChI is InChI=1S/C21H19N5O3/c1-13-5-4-6-17(23-13)24-21(28)19-14(2)20-22-12-11-18(27)26(20)25(19)15-7-9-16(29-3)10-8-15/h4-12H,1-3H3,(H,23,24,28). The molecule has 0 aliphatic rings. The van der Waals surface area contributed by atoms with E-state index in [4.69, 9.17) is 4.74 Å². The first kappa shape index (κ1) is 18.4. The van der Waals surface area contributed by atoms with E-state index in [1.807, 2.05) is 19.1 Å². The van der Waals surface area contributed by atoms with Crippen LogP contribution in [0.15, 0.2) is 59.5 Å². The van der Waals surface area contributed by atoms with Gasteiger partial charge in [0.05, 0.1) is 12.8 Å². The number of carbonyl (C=O) groups excluding carboxylic acids is 1. The molecule has 0 saturated heterocycles. The van der Waals surface area contributed by atoms with Crippen LogP contribution >= 0.6 is 0 Å². The van der Waals surface area contributed by atoms with Crippen LogP contribution in [0.1, 0.15) is 21.7 Å². The number of amides is 1. The number of rotatable bonds is 4. The Morgan fingerprint density at radius 3 is 2.52 bits per heavy atom. The molecule has 8 nitrogen and oxygen atoms in total.